The van der Waals surface area contributed by atoms with E-state index >= 15 is 0 Å². The van der Waals surface area contributed by atoms with Crippen molar-refractivity contribution in [2.75, 3.05) is 33.2 Å². The molecule has 0 aliphatic carbocycles. The van der Waals surface area contributed by atoms with Crippen molar-refractivity contribution in [1.82, 2.24) is 10.2 Å². The minimum absolute atomic E-state index is 0. The van der Waals surface area contributed by atoms with Crippen molar-refractivity contribution in [2.45, 2.75) is 20.8 Å². The Morgan fingerprint density at radius 1 is 1.33 bits per heavy atom. The van der Waals surface area contributed by atoms with Gasteiger partial charge in [-0.1, -0.05) is 13.8 Å². The molecule has 1 fully saturated rings. The Hall–Kier alpha value is -1.08. The summed E-state index contributed by atoms with van der Waals surface area (Å²) in [5.74, 6) is 1.54. The first kappa shape index (κ1) is 13.5. The van der Waals surface area contributed by atoms with Crippen molar-refractivity contribution in [2.24, 2.45) is 0 Å². The van der Waals surface area contributed by atoms with Gasteiger partial charge in [0.05, 0.1) is 0 Å². The maximum Gasteiger partial charge on any atom is 0.00744 e. The van der Waals surface area contributed by atoms with Gasteiger partial charge in [-0.25, -0.2) is 0 Å². The molecular formula is C9H21N2Rf-. The molecule has 0 unspecified atom stereocenters. The van der Waals surface area contributed by atoms with E-state index in [4.69, 9.17) is 0 Å². The van der Waals surface area contributed by atoms with Gasteiger partial charge in [-0.3, -0.25) is 5.92 Å². The summed E-state index contributed by atoms with van der Waals surface area (Å²) in [6, 6.07) is 0. The summed E-state index contributed by atoms with van der Waals surface area (Å²) < 4.78 is 0. The first-order valence-corrected chi connectivity index (χ1v) is 4.49. The molecule has 1 saturated heterocycles. The average molecular weight is 424 g/mol. The van der Waals surface area contributed by atoms with Crippen molar-refractivity contribution in [1.29, 1.82) is 0 Å². The van der Waals surface area contributed by atoms with Gasteiger partial charge in [0.15, 0.2) is 0 Å². The van der Waals surface area contributed by atoms with E-state index in [1.54, 1.807) is 0 Å². The van der Waals surface area contributed by atoms with Crippen LogP contribution in [0, 0.1) is 5.92 Å². The van der Waals surface area contributed by atoms with Crippen LogP contribution in [0.15, 0.2) is 0 Å². The van der Waals surface area contributed by atoms with Gasteiger partial charge >= 0.3 is 0 Å². The molecule has 0 radical (unpaired) electrons. The molecule has 0 spiro atoms. The molecule has 0 bridgehead atoms. The van der Waals surface area contributed by atoms with Gasteiger partial charge in [0.25, 0.3) is 0 Å². The van der Waals surface area contributed by atoms with E-state index in [0.29, 0.717) is 0 Å². The van der Waals surface area contributed by atoms with E-state index in [1.165, 1.54) is 12.5 Å². The molecule has 0 aromatic carbocycles. The van der Waals surface area contributed by atoms with E-state index in [1.807, 2.05) is 13.8 Å². The monoisotopic (exact) mass is 424 g/mol. The van der Waals surface area contributed by atoms with Crippen LogP contribution >= 0.6 is 0 Å². The fourth-order valence-electron chi connectivity index (χ4n) is 1.17. The Morgan fingerprint density at radius 3 is 2.50 bits per heavy atom. The largest absolute Gasteiger partial charge is 0.345 e. The molecule has 0 amide bonds. The van der Waals surface area contributed by atoms with Crippen LogP contribution < -0.4 is 5.32 Å². The molecule has 12 heavy (non-hydrogen) atoms. The topological polar surface area (TPSA) is 15.3 Å². The third-order valence-corrected chi connectivity index (χ3v) is 1.64. The minimum Gasteiger partial charge on any atom is -0.345 e. The molecule has 1 aliphatic rings. The van der Waals surface area contributed by atoms with Gasteiger partial charge in [-0.05, 0) is 7.05 Å². The Bertz CT molecular complexity index is 78.6. The molecule has 3 heteroatoms. The molecule has 1 heterocycles. The summed E-state index contributed by atoms with van der Waals surface area (Å²) in [7, 11) is 2.16. The van der Waals surface area contributed by atoms with Gasteiger partial charge in [0, 0.05) is 13.1 Å². The van der Waals surface area contributed by atoms with Crippen molar-refractivity contribution < 1.29 is 0 Å². The van der Waals surface area contributed by atoms with Crippen LogP contribution in [0.3, 0.4) is 0 Å². The van der Waals surface area contributed by atoms with Crippen LogP contribution in [0.2, 0.25) is 0 Å². The maximum absolute atomic E-state index is 3.35. The Balaban J connectivity index is 0. The van der Waals surface area contributed by atoms with E-state index in [0.717, 1.165) is 19.6 Å². The Morgan fingerprint density at radius 2 is 1.92 bits per heavy atom. The second kappa shape index (κ2) is 8.02. The van der Waals surface area contributed by atoms with Crippen molar-refractivity contribution in [3.8, 4) is 0 Å². The van der Waals surface area contributed by atoms with Gasteiger partial charge in [-0.2, -0.15) is 6.92 Å². The number of hydrogen-bond acceptors (Lipinski definition) is 2. The predicted molar refractivity (Wildman–Crippen MR) is 50.6 cm³/mol. The van der Waals surface area contributed by atoms with Gasteiger partial charge in [-0.15, -0.1) is 13.1 Å². The fourth-order valence-corrected chi connectivity index (χ4v) is 1.17. The van der Waals surface area contributed by atoms with Gasteiger partial charge in [0.2, 0.25) is 0 Å². The molecule has 1 aliphatic heterocycles. The summed E-state index contributed by atoms with van der Waals surface area (Å²) in [5.41, 5.74) is 0. The standard InChI is InChI=1S/C7H15N2.C2H6.Rf/c1-7-5-8-3-4-9(2)6-7;1-2;/h8H,3-6H2,1-2H3;1-2H3;/q-1;;. The molecule has 1 N–H and O–H groups in total. The molecule has 0 saturated carbocycles. The SMILES string of the molecule is CC.C[C-]1CNCCN(C)C1.[Rf]. The summed E-state index contributed by atoms with van der Waals surface area (Å²) in [6.07, 6.45) is 0. The zero-order chi connectivity index (χ0) is 8.69. The smallest absolute Gasteiger partial charge is 0.00744 e. The third kappa shape index (κ3) is 5.69. The number of likely N-dealkylation sites (N-methyl/N-ethyl adjacent to an activating group) is 1. The molecule has 70 valence electrons. The third-order valence-electron chi connectivity index (χ3n) is 1.64. The first-order chi connectivity index (χ1) is 5.29. The molecule has 2 nitrogen and oxygen atoms in total. The zero-order valence-electron chi connectivity index (χ0n) is 8.98. The second-order valence-corrected chi connectivity index (χ2v) is 2.87. The summed E-state index contributed by atoms with van der Waals surface area (Å²) in [6.45, 7) is 10.8. The van der Waals surface area contributed by atoms with Crippen LogP contribution in [0.25, 0.3) is 0 Å². The summed E-state index contributed by atoms with van der Waals surface area (Å²) in [4.78, 5) is 2.34. The maximum atomic E-state index is 3.35. The minimum atomic E-state index is 0. The molecule has 0 aromatic rings. The van der Waals surface area contributed by atoms with Crippen LogP contribution in [0.1, 0.15) is 20.8 Å². The number of nitrogens with zero attached hydrogens (tertiary/aromatic N) is 1. The average Bonchev–Trinajstić information content (AvgIpc) is 2.18. The van der Waals surface area contributed by atoms with Crippen molar-refractivity contribution in [3.63, 3.8) is 0 Å². The van der Waals surface area contributed by atoms with Crippen LogP contribution in [-0.2, 0) is 0 Å². The van der Waals surface area contributed by atoms with Crippen molar-refractivity contribution in [3.05, 3.63) is 5.92 Å². The predicted octanol–water partition coefficient (Wildman–Crippen LogP) is 1.14. The number of rotatable bonds is 0. The second-order valence-electron chi connectivity index (χ2n) is 2.87. The Labute approximate surface area is 71.0 Å². The fraction of sp³-hybridized carbons (Fsp3) is 0.889. The normalized spacial score (nSPS) is 20.0. The number of hydrogen-bond donors (Lipinski definition) is 1. The van der Waals surface area contributed by atoms with Crippen LogP contribution in [0.5, 0.6) is 0 Å². The molecule has 0 aromatic heterocycles. The van der Waals surface area contributed by atoms with Crippen molar-refractivity contribution >= 4 is 0 Å². The Kier molecular flexibility index (Phi) is 9.03. The number of nitrogens with one attached hydrogen (secondary N) is 1. The van der Waals surface area contributed by atoms with Gasteiger partial charge in [0.1, 0.15) is 0 Å². The summed E-state index contributed by atoms with van der Waals surface area (Å²) >= 11 is 0. The van der Waals surface area contributed by atoms with E-state index in [-0.39, 0.29) is 0 Å². The quantitative estimate of drug-likeness (QED) is 0.587. The van der Waals surface area contributed by atoms with Gasteiger partial charge < -0.3 is 10.2 Å². The summed E-state index contributed by atoms with van der Waals surface area (Å²) in [5, 5.41) is 3.35. The first-order valence-electron chi connectivity index (χ1n) is 4.49. The molecule has 1 rings (SSSR count). The molecular weight excluding hydrogens is 403 g/mol. The molecule has 0 atom stereocenters. The van der Waals surface area contributed by atoms with E-state index in [9.17, 15) is 0 Å². The zero-order valence-corrected chi connectivity index (χ0v) is 15.4. The van der Waals surface area contributed by atoms with E-state index in [2.05, 4.69) is 24.2 Å². The van der Waals surface area contributed by atoms with Crippen LogP contribution in [-0.4, -0.2) is 38.1 Å². The van der Waals surface area contributed by atoms with E-state index < -0.39 is 0 Å². The van der Waals surface area contributed by atoms with Crippen LogP contribution in [0.4, 0.5) is 0 Å².